The van der Waals surface area contributed by atoms with Crippen molar-refractivity contribution in [3.05, 3.63) is 112 Å². The molecule has 1 N–H and O–H groups in total. The van der Waals surface area contributed by atoms with Crippen molar-refractivity contribution in [3.63, 3.8) is 0 Å². The van der Waals surface area contributed by atoms with Crippen molar-refractivity contribution in [2.75, 3.05) is 12.4 Å². The number of para-hydroxylation sites is 2. The maximum atomic E-state index is 11.2. The number of aromatic nitrogens is 1. The fourth-order valence-corrected chi connectivity index (χ4v) is 3.37. The number of methoxy groups -OCH3 is 1. The van der Waals surface area contributed by atoms with E-state index in [2.05, 4.69) is 21.1 Å². The number of nitrogens with one attached hydrogen (secondary N) is 1. The number of carbonyl (C=O) groups excluding carboxylic acids is 1. The van der Waals surface area contributed by atoms with Crippen molar-refractivity contribution < 1.29 is 14.5 Å². The number of hydrogen-bond donors (Lipinski definition) is 1. The number of nitriles is 1. The minimum absolute atomic E-state index is 0.0463. The van der Waals surface area contributed by atoms with Gasteiger partial charge in [-0.15, -0.1) is 0 Å². The van der Waals surface area contributed by atoms with Crippen molar-refractivity contribution >= 4 is 17.8 Å². The topological polar surface area (TPSA) is 118 Å². The van der Waals surface area contributed by atoms with Crippen LogP contribution in [0.1, 0.15) is 11.1 Å². The number of nitro benzene ring substituents is 1. The number of anilines is 1. The van der Waals surface area contributed by atoms with Crippen molar-refractivity contribution in [1.82, 2.24) is 4.98 Å². The Bertz CT molecular complexity index is 1350. The van der Waals surface area contributed by atoms with Gasteiger partial charge >= 0.3 is 0 Å². The predicted molar refractivity (Wildman–Crippen MR) is 133 cm³/mol. The van der Waals surface area contributed by atoms with Crippen LogP contribution in [0.3, 0.4) is 0 Å². The Labute approximate surface area is 202 Å². The Morgan fingerprint density at radius 3 is 2.37 bits per heavy atom. The fourth-order valence-electron chi connectivity index (χ4n) is 3.37. The van der Waals surface area contributed by atoms with Crippen LogP contribution >= 0.6 is 0 Å². The molecule has 0 fully saturated rings. The number of nitrogens with zero attached hydrogens (tertiary/aromatic N) is 3. The second-order valence-electron chi connectivity index (χ2n) is 7.24. The molecule has 0 spiro atoms. The van der Waals surface area contributed by atoms with Crippen LogP contribution in [-0.4, -0.2) is 23.5 Å². The number of carbonyl (C=O) groups is 1. The van der Waals surface area contributed by atoms with E-state index in [9.17, 15) is 15.4 Å². The average molecular weight is 466 g/mol. The largest absolute Gasteiger partial charge is 0.471 e. The normalized spacial score (nSPS) is 9.71. The van der Waals surface area contributed by atoms with Gasteiger partial charge in [0.25, 0.3) is 12.2 Å². The van der Waals surface area contributed by atoms with Crippen molar-refractivity contribution in [1.29, 1.82) is 5.26 Å². The zero-order chi connectivity index (χ0) is 25.0. The number of pyridine rings is 1. The van der Waals surface area contributed by atoms with E-state index in [0.29, 0.717) is 24.3 Å². The van der Waals surface area contributed by atoms with Crippen molar-refractivity contribution in [3.8, 4) is 28.5 Å². The van der Waals surface area contributed by atoms with Crippen LogP contribution in [0.5, 0.6) is 0 Å². The van der Waals surface area contributed by atoms with Gasteiger partial charge in [0, 0.05) is 24.4 Å². The summed E-state index contributed by atoms with van der Waals surface area (Å²) < 4.78 is 3.86. The Kier molecular flexibility index (Phi) is 8.63. The molecule has 0 aliphatic heterocycles. The Hall–Kier alpha value is -5.03. The number of hydrogen-bond acceptors (Lipinski definition) is 7. The zero-order valence-corrected chi connectivity index (χ0v) is 18.9. The number of ether oxygens (including phenoxy) is 1. The Morgan fingerprint density at radius 2 is 1.69 bits per heavy atom. The number of rotatable bonds is 7. The van der Waals surface area contributed by atoms with Crippen LogP contribution in [-0.2, 0) is 16.1 Å². The van der Waals surface area contributed by atoms with Crippen LogP contribution < -0.4 is 5.32 Å². The maximum Gasteiger partial charge on any atom is 0.292 e. The minimum Gasteiger partial charge on any atom is -0.471 e. The third-order valence-corrected chi connectivity index (χ3v) is 5.04. The third-order valence-electron chi connectivity index (χ3n) is 5.04. The van der Waals surface area contributed by atoms with Crippen molar-refractivity contribution in [2.45, 2.75) is 6.54 Å². The first-order chi connectivity index (χ1) is 17.1. The molecule has 0 atom stereocenters. The molecule has 3 aromatic carbocycles. The summed E-state index contributed by atoms with van der Waals surface area (Å²) in [5.41, 5.74) is 5.74. The summed E-state index contributed by atoms with van der Waals surface area (Å²) in [4.78, 5) is 24.2. The van der Waals surface area contributed by atoms with Gasteiger partial charge in [0.1, 0.15) is 5.69 Å². The van der Waals surface area contributed by atoms with Gasteiger partial charge in [0.2, 0.25) is 0 Å². The molecule has 174 valence electrons. The van der Waals surface area contributed by atoms with Gasteiger partial charge in [0.05, 0.1) is 29.4 Å². The molecule has 35 heavy (non-hydrogen) atoms. The second kappa shape index (κ2) is 12.3. The summed E-state index contributed by atoms with van der Waals surface area (Å²) in [7, 11) is 1.31. The first-order valence-electron chi connectivity index (χ1n) is 10.6. The standard InChI is InChI=1S/C25H18N4O2.C2H4O2/c26-16-21-5-1-2-6-22(21)19-9-11-20(12-10-19)24-15-18(13-14-27-24)17-28-23-7-3-4-8-25(23)29(30)31;1-4-2-3/h1-15,28H,17H2;2H,1H3. The molecular weight excluding hydrogens is 444 g/mol. The highest BCUT2D eigenvalue weighted by molar-refractivity contribution is 5.73. The third kappa shape index (κ3) is 6.49. The van der Waals surface area contributed by atoms with E-state index in [4.69, 9.17) is 4.79 Å². The molecule has 0 aliphatic rings. The highest BCUT2D eigenvalue weighted by Gasteiger charge is 2.12. The summed E-state index contributed by atoms with van der Waals surface area (Å²) in [5, 5.41) is 23.6. The minimum atomic E-state index is -0.397. The Balaban J connectivity index is 0.000000795. The van der Waals surface area contributed by atoms with Crippen LogP contribution in [0.15, 0.2) is 91.1 Å². The summed E-state index contributed by atoms with van der Waals surface area (Å²) in [5.74, 6) is 0. The maximum absolute atomic E-state index is 11.2. The lowest BCUT2D eigenvalue weighted by molar-refractivity contribution is -0.384. The average Bonchev–Trinajstić information content (AvgIpc) is 2.92. The molecule has 0 radical (unpaired) electrons. The van der Waals surface area contributed by atoms with Crippen LogP contribution in [0.2, 0.25) is 0 Å². The van der Waals surface area contributed by atoms with E-state index < -0.39 is 4.92 Å². The van der Waals surface area contributed by atoms with Gasteiger partial charge in [-0.2, -0.15) is 5.26 Å². The molecule has 8 nitrogen and oxygen atoms in total. The Morgan fingerprint density at radius 1 is 1.03 bits per heavy atom. The zero-order valence-electron chi connectivity index (χ0n) is 18.9. The summed E-state index contributed by atoms with van der Waals surface area (Å²) >= 11 is 0. The molecular formula is C27H22N4O4. The van der Waals surface area contributed by atoms with Crippen LogP contribution in [0, 0.1) is 21.4 Å². The van der Waals surface area contributed by atoms with Gasteiger partial charge in [-0.05, 0) is 41.0 Å². The van der Waals surface area contributed by atoms with Gasteiger partial charge in [0.15, 0.2) is 0 Å². The predicted octanol–water partition coefficient (Wildman–Crippen LogP) is 5.60. The van der Waals surface area contributed by atoms with E-state index in [0.717, 1.165) is 27.9 Å². The van der Waals surface area contributed by atoms with Gasteiger partial charge in [-0.3, -0.25) is 19.9 Å². The molecule has 0 bridgehead atoms. The molecule has 8 heteroatoms. The highest BCUT2D eigenvalue weighted by Crippen LogP contribution is 2.27. The number of nitro groups is 1. The summed E-state index contributed by atoms with van der Waals surface area (Å²) in [6.45, 7) is 0.813. The lowest BCUT2D eigenvalue weighted by Crippen LogP contribution is -2.03. The molecule has 1 heterocycles. The SMILES string of the molecule is COC=O.N#Cc1ccccc1-c1ccc(-c2cc(CNc3ccccc3[N+](=O)[O-])ccn2)cc1. The van der Waals surface area contributed by atoms with Crippen molar-refractivity contribution in [2.24, 2.45) is 0 Å². The molecule has 1 aromatic heterocycles. The van der Waals surface area contributed by atoms with Gasteiger partial charge < -0.3 is 10.1 Å². The first-order valence-corrected chi connectivity index (χ1v) is 10.6. The quantitative estimate of drug-likeness (QED) is 0.214. The molecule has 0 unspecified atom stereocenters. The first kappa shape index (κ1) is 24.6. The fraction of sp³-hybridized carbons (Fsp3) is 0.0741. The summed E-state index contributed by atoms with van der Waals surface area (Å²) in [6, 6.07) is 28.1. The van der Waals surface area contributed by atoms with E-state index in [1.54, 1.807) is 30.5 Å². The van der Waals surface area contributed by atoms with E-state index in [-0.39, 0.29) is 5.69 Å². The van der Waals surface area contributed by atoms with Crippen LogP contribution in [0.4, 0.5) is 11.4 Å². The van der Waals surface area contributed by atoms with E-state index >= 15 is 0 Å². The molecule has 0 aliphatic carbocycles. The molecule has 4 rings (SSSR count). The lowest BCUT2D eigenvalue weighted by atomic mass is 9.98. The molecule has 0 amide bonds. The molecule has 0 saturated carbocycles. The van der Waals surface area contributed by atoms with E-state index in [1.807, 2.05) is 54.6 Å². The second-order valence-corrected chi connectivity index (χ2v) is 7.24. The van der Waals surface area contributed by atoms with Gasteiger partial charge in [-0.25, -0.2) is 0 Å². The molecule has 4 aromatic rings. The summed E-state index contributed by atoms with van der Waals surface area (Å²) in [6.07, 6.45) is 1.73. The van der Waals surface area contributed by atoms with Gasteiger partial charge in [-0.1, -0.05) is 54.6 Å². The molecule has 0 saturated heterocycles. The number of benzene rings is 3. The lowest BCUT2D eigenvalue weighted by Gasteiger charge is -2.09. The highest BCUT2D eigenvalue weighted by atomic mass is 16.6. The van der Waals surface area contributed by atoms with E-state index in [1.165, 1.54) is 13.2 Å². The smallest absolute Gasteiger partial charge is 0.292 e. The monoisotopic (exact) mass is 466 g/mol. The van der Waals surface area contributed by atoms with Crippen LogP contribution in [0.25, 0.3) is 22.4 Å².